The molecule has 0 spiro atoms. The van der Waals surface area contributed by atoms with Gasteiger partial charge in [0, 0.05) is 37.8 Å². The summed E-state index contributed by atoms with van der Waals surface area (Å²) in [6.07, 6.45) is -14.2. The van der Waals surface area contributed by atoms with Crippen molar-refractivity contribution >= 4 is 73.3 Å². The molecule has 0 saturated carbocycles. The van der Waals surface area contributed by atoms with Gasteiger partial charge < -0.3 is 57.2 Å². The Morgan fingerprint density at radius 3 is 1.81 bits per heavy atom. The molecule has 17 nitrogen and oxygen atoms in total. The molecular weight excluding hydrogens is 777 g/mol. The maximum atomic E-state index is 13.0. The van der Waals surface area contributed by atoms with Gasteiger partial charge in [0.1, 0.15) is 43.7 Å². The van der Waals surface area contributed by atoms with Gasteiger partial charge in [-0.3, -0.25) is 19.2 Å². The SMILES string of the molecule is CC(=O)OC[C@H]1O[C@@H](O[C@@H]2[C@@H](NC(=O)OCC(Cl)(Cl)Cl)[C@@H](O)O[C@@H]3CO[Si](C(C)(C)C)(C(C)(C)C)O[C@H]23)[C@H](OC(C)=O)[C@@H](OC(C)=O)[C@H]1OC(C)=O. The number of ether oxygens (including phenoxy) is 8. The largest absolute Gasteiger partial charge is 0.463 e. The first kappa shape index (κ1) is 44.4. The first-order chi connectivity index (χ1) is 23.8. The molecule has 52 heavy (non-hydrogen) atoms. The Kier molecular flexibility index (Phi) is 14.7. The molecule has 0 bridgehead atoms. The van der Waals surface area contributed by atoms with Crippen LogP contribution in [-0.4, -0.2) is 129 Å². The van der Waals surface area contributed by atoms with Crippen molar-refractivity contribution in [2.75, 3.05) is 19.8 Å². The van der Waals surface area contributed by atoms with Crippen LogP contribution in [0.15, 0.2) is 0 Å². The minimum Gasteiger partial charge on any atom is -0.463 e. The Morgan fingerprint density at radius 1 is 0.769 bits per heavy atom. The lowest BCUT2D eigenvalue weighted by Gasteiger charge is -2.58. The molecule has 0 aromatic rings. The van der Waals surface area contributed by atoms with Crippen LogP contribution in [0.2, 0.25) is 10.1 Å². The summed E-state index contributed by atoms with van der Waals surface area (Å²) in [6, 6.07) is -1.50. The number of aliphatic hydroxyl groups is 1. The number of alkyl carbamates (subject to hydrolysis) is 1. The van der Waals surface area contributed by atoms with Crippen molar-refractivity contribution in [2.45, 2.75) is 144 Å². The number of carbonyl (C=O) groups is 5. The second kappa shape index (κ2) is 17.2. The zero-order chi connectivity index (χ0) is 39.6. The summed E-state index contributed by atoms with van der Waals surface area (Å²) >= 11 is 17.3. The highest BCUT2D eigenvalue weighted by Gasteiger charge is 2.66. The summed E-state index contributed by atoms with van der Waals surface area (Å²) in [7, 11) is -3.33. The highest BCUT2D eigenvalue weighted by molar-refractivity contribution is 6.73. The first-order valence-electron chi connectivity index (χ1n) is 16.4. The Balaban J connectivity index is 2.19. The van der Waals surface area contributed by atoms with Crippen LogP contribution in [0, 0.1) is 0 Å². The van der Waals surface area contributed by atoms with Crippen molar-refractivity contribution in [2.24, 2.45) is 0 Å². The van der Waals surface area contributed by atoms with Gasteiger partial charge in [-0.15, -0.1) is 0 Å². The summed E-state index contributed by atoms with van der Waals surface area (Å²) in [5.74, 6) is -3.27. The molecule has 0 aromatic carbocycles. The molecule has 0 unspecified atom stereocenters. The molecule has 1 amide bonds. The number of aliphatic hydroxyl groups excluding tert-OH is 1. The first-order valence-corrected chi connectivity index (χ1v) is 19.3. The number of nitrogens with one attached hydrogen (secondary N) is 1. The van der Waals surface area contributed by atoms with E-state index < -0.39 is 127 Å². The van der Waals surface area contributed by atoms with E-state index in [-0.39, 0.29) is 6.61 Å². The third-order valence-electron chi connectivity index (χ3n) is 8.28. The molecule has 21 heteroatoms. The molecule has 3 aliphatic heterocycles. The monoisotopic (exact) mass is 823 g/mol. The summed E-state index contributed by atoms with van der Waals surface area (Å²) in [4.78, 5) is 62.0. The van der Waals surface area contributed by atoms with Gasteiger partial charge in [0.05, 0.1) is 6.61 Å². The molecule has 0 aromatic heterocycles. The number of alkyl halides is 3. The zero-order valence-electron chi connectivity index (χ0n) is 30.6. The van der Waals surface area contributed by atoms with E-state index in [9.17, 15) is 29.1 Å². The molecule has 3 rings (SSSR count). The summed E-state index contributed by atoms with van der Waals surface area (Å²) in [5, 5.41) is 12.7. The Morgan fingerprint density at radius 2 is 1.31 bits per heavy atom. The third-order valence-corrected chi connectivity index (χ3v) is 13.7. The van der Waals surface area contributed by atoms with E-state index in [1.54, 1.807) is 0 Å². The van der Waals surface area contributed by atoms with Crippen molar-refractivity contribution in [3.63, 3.8) is 0 Å². The summed E-state index contributed by atoms with van der Waals surface area (Å²) < 4.78 is 56.9. The van der Waals surface area contributed by atoms with E-state index in [2.05, 4.69) is 5.32 Å². The van der Waals surface area contributed by atoms with Crippen LogP contribution in [0.1, 0.15) is 69.2 Å². The maximum absolute atomic E-state index is 13.0. The number of rotatable bonds is 9. The fourth-order valence-electron chi connectivity index (χ4n) is 6.63. The van der Waals surface area contributed by atoms with Crippen molar-refractivity contribution in [3.05, 3.63) is 0 Å². The molecule has 0 aliphatic carbocycles. The maximum Gasteiger partial charge on any atom is 0.407 e. The standard InChI is InChI=1S/C31H48Cl3NO16Si/c1-14(36)42-11-18-21(45-15(2)37)24(46-16(3)38)25(47-17(4)39)27(49-18)50-23-20(35-28(41)43-13-31(32,33)34)26(40)48-19-12-44-52(29(5,6)7,30(8,9)10)51-22(19)23/h18-27,40H,11-13H2,1-10H3,(H,35,41)/t18-,19-,20-,21+,22+,23-,24+,25-,26+,27+/m1/s1. The topological polar surface area (TPSA) is 210 Å². The van der Waals surface area contributed by atoms with Gasteiger partial charge >= 0.3 is 38.5 Å². The van der Waals surface area contributed by atoms with Gasteiger partial charge in [-0.1, -0.05) is 76.3 Å². The van der Waals surface area contributed by atoms with Crippen LogP contribution in [0.3, 0.4) is 0 Å². The van der Waals surface area contributed by atoms with Crippen molar-refractivity contribution < 1.29 is 75.8 Å². The third kappa shape index (κ3) is 11.0. The number of fused-ring (bicyclic) bond motifs is 1. The van der Waals surface area contributed by atoms with E-state index in [1.165, 1.54) is 0 Å². The summed E-state index contributed by atoms with van der Waals surface area (Å²) in [6.45, 7) is 14.9. The lowest BCUT2D eigenvalue weighted by atomic mass is 9.95. The van der Waals surface area contributed by atoms with Gasteiger partial charge in [-0.05, 0) is 0 Å². The van der Waals surface area contributed by atoms with E-state index in [1.807, 2.05) is 41.5 Å². The molecule has 0 radical (unpaired) electrons. The number of esters is 4. The van der Waals surface area contributed by atoms with Crippen LogP contribution >= 0.6 is 34.8 Å². The molecule has 298 valence electrons. The predicted molar refractivity (Wildman–Crippen MR) is 182 cm³/mol. The number of hydrogen-bond acceptors (Lipinski definition) is 16. The highest BCUT2D eigenvalue weighted by atomic mass is 35.6. The second-order valence-corrected chi connectivity index (χ2v) is 21.9. The molecule has 3 heterocycles. The number of carbonyl (C=O) groups excluding carboxylic acids is 5. The van der Waals surface area contributed by atoms with Gasteiger partial charge in [0.15, 0.2) is 30.9 Å². The quantitative estimate of drug-likeness (QED) is 0.148. The van der Waals surface area contributed by atoms with Crippen LogP contribution in [0.25, 0.3) is 0 Å². The molecule has 3 fully saturated rings. The smallest absolute Gasteiger partial charge is 0.407 e. The number of hydrogen-bond donors (Lipinski definition) is 2. The zero-order valence-corrected chi connectivity index (χ0v) is 33.9. The van der Waals surface area contributed by atoms with Gasteiger partial charge in [0.25, 0.3) is 0 Å². The lowest BCUT2D eigenvalue weighted by Crippen LogP contribution is -2.74. The molecule has 2 N–H and O–H groups in total. The fourth-order valence-corrected chi connectivity index (χ4v) is 11.7. The van der Waals surface area contributed by atoms with E-state index >= 15 is 0 Å². The average molecular weight is 825 g/mol. The number of amides is 1. The van der Waals surface area contributed by atoms with Gasteiger partial charge in [-0.25, -0.2) is 4.79 Å². The molecule has 3 aliphatic rings. The highest BCUT2D eigenvalue weighted by Crippen LogP contribution is 2.55. The van der Waals surface area contributed by atoms with Crippen molar-refractivity contribution in [1.29, 1.82) is 0 Å². The minimum atomic E-state index is -3.33. The number of halogens is 3. The molecular formula is C31H48Cl3NO16Si. The molecule has 3 saturated heterocycles. The Bertz CT molecular complexity index is 1310. The van der Waals surface area contributed by atoms with E-state index in [0.29, 0.717) is 0 Å². The normalized spacial score (nSPS) is 32.0. The average Bonchev–Trinajstić information content (AvgIpc) is 2.97. The van der Waals surface area contributed by atoms with Crippen LogP contribution in [-0.2, 0) is 65.9 Å². The fraction of sp³-hybridized carbons (Fsp3) is 0.839. The minimum absolute atomic E-state index is 0.0502. The lowest BCUT2D eigenvalue weighted by molar-refractivity contribution is -0.346. The Hall–Kier alpha value is -2.00. The molecule has 10 atom stereocenters. The predicted octanol–water partition coefficient (Wildman–Crippen LogP) is 3.09. The van der Waals surface area contributed by atoms with Crippen LogP contribution in [0.4, 0.5) is 4.79 Å². The van der Waals surface area contributed by atoms with E-state index in [0.717, 1.165) is 27.7 Å². The van der Waals surface area contributed by atoms with Crippen LogP contribution < -0.4 is 5.32 Å². The van der Waals surface area contributed by atoms with Gasteiger partial charge in [0.2, 0.25) is 3.79 Å². The van der Waals surface area contributed by atoms with Gasteiger partial charge in [-0.2, -0.15) is 0 Å². The Labute approximate surface area is 317 Å². The summed E-state index contributed by atoms with van der Waals surface area (Å²) in [5.41, 5.74) is 0. The van der Waals surface area contributed by atoms with Crippen molar-refractivity contribution in [3.8, 4) is 0 Å². The second-order valence-electron chi connectivity index (χ2n) is 14.6. The van der Waals surface area contributed by atoms with E-state index in [4.69, 9.17) is 81.5 Å². The van der Waals surface area contributed by atoms with Crippen LogP contribution in [0.5, 0.6) is 0 Å². The van der Waals surface area contributed by atoms with Crippen molar-refractivity contribution in [1.82, 2.24) is 5.32 Å².